The number of halogens is 1. The Kier molecular flexibility index (Phi) is 4.77. The van der Waals surface area contributed by atoms with Gasteiger partial charge in [-0.25, -0.2) is 4.39 Å². The zero-order chi connectivity index (χ0) is 13.8. The van der Waals surface area contributed by atoms with Crippen LogP contribution in [0.3, 0.4) is 0 Å². The van der Waals surface area contributed by atoms with E-state index in [1.54, 1.807) is 19.2 Å². The van der Waals surface area contributed by atoms with E-state index >= 15 is 0 Å². The third-order valence-corrected chi connectivity index (χ3v) is 3.65. The number of rotatable bonds is 6. The SMILES string of the molecule is CCOC1CC(NC(C)c2c(F)cccc2OC)C1. The molecule has 0 spiro atoms. The smallest absolute Gasteiger partial charge is 0.131 e. The second-order valence-electron chi connectivity index (χ2n) is 4.99. The van der Waals surface area contributed by atoms with Gasteiger partial charge in [-0.05, 0) is 38.8 Å². The van der Waals surface area contributed by atoms with Crippen LogP contribution in [0.4, 0.5) is 4.39 Å². The van der Waals surface area contributed by atoms with Gasteiger partial charge in [-0.1, -0.05) is 6.07 Å². The molecular weight excluding hydrogens is 245 g/mol. The van der Waals surface area contributed by atoms with Crippen molar-refractivity contribution in [1.29, 1.82) is 0 Å². The quantitative estimate of drug-likeness (QED) is 0.859. The zero-order valence-electron chi connectivity index (χ0n) is 11.8. The van der Waals surface area contributed by atoms with Crippen molar-refractivity contribution in [2.45, 2.75) is 44.9 Å². The van der Waals surface area contributed by atoms with Gasteiger partial charge in [-0.3, -0.25) is 0 Å². The highest BCUT2D eigenvalue weighted by Gasteiger charge is 2.31. The largest absolute Gasteiger partial charge is 0.496 e. The lowest BCUT2D eigenvalue weighted by atomic mass is 9.88. The molecule has 1 aliphatic carbocycles. The lowest BCUT2D eigenvalue weighted by Crippen LogP contribution is -2.46. The number of ether oxygens (including phenoxy) is 2. The van der Waals surface area contributed by atoms with Crippen molar-refractivity contribution in [1.82, 2.24) is 5.32 Å². The van der Waals surface area contributed by atoms with Crippen molar-refractivity contribution >= 4 is 0 Å². The Bertz CT molecular complexity index is 419. The lowest BCUT2D eigenvalue weighted by Gasteiger charge is -2.37. The first kappa shape index (κ1) is 14.3. The van der Waals surface area contributed by atoms with E-state index in [1.165, 1.54) is 6.07 Å². The van der Waals surface area contributed by atoms with Crippen molar-refractivity contribution in [3.63, 3.8) is 0 Å². The van der Waals surface area contributed by atoms with E-state index in [1.807, 2.05) is 13.8 Å². The number of hydrogen-bond donors (Lipinski definition) is 1. The third-order valence-electron chi connectivity index (χ3n) is 3.65. The van der Waals surface area contributed by atoms with E-state index in [4.69, 9.17) is 9.47 Å². The fraction of sp³-hybridized carbons (Fsp3) is 0.600. The molecule has 4 heteroatoms. The summed E-state index contributed by atoms with van der Waals surface area (Å²) in [6.07, 6.45) is 2.35. The Morgan fingerprint density at radius 2 is 2.16 bits per heavy atom. The van der Waals surface area contributed by atoms with E-state index in [-0.39, 0.29) is 11.9 Å². The summed E-state index contributed by atoms with van der Waals surface area (Å²) >= 11 is 0. The highest BCUT2D eigenvalue weighted by molar-refractivity contribution is 5.37. The summed E-state index contributed by atoms with van der Waals surface area (Å²) in [7, 11) is 1.57. The van der Waals surface area contributed by atoms with Crippen molar-refractivity contribution in [3.8, 4) is 5.75 Å². The summed E-state index contributed by atoms with van der Waals surface area (Å²) in [4.78, 5) is 0. The van der Waals surface area contributed by atoms with E-state index < -0.39 is 0 Å². The summed E-state index contributed by atoms with van der Waals surface area (Å²) in [6.45, 7) is 4.73. The van der Waals surface area contributed by atoms with Gasteiger partial charge in [0.2, 0.25) is 0 Å². The van der Waals surface area contributed by atoms with Crippen LogP contribution in [-0.2, 0) is 4.74 Å². The molecule has 1 unspecified atom stereocenters. The summed E-state index contributed by atoms with van der Waals surface area (Å²) < 4.78 is 24.7. The van der Waals surface area contributed by atoms with Crippen molar-refractivity contribution in [2.24, 2.45) is 0 Å². The molecule has 1 aromatic carbocycles. The molecule has 1 fully saturated rings. The summed E-state index contributed by atoms with van der Waals surface area (Å²) in [5, 5.41) is 3.44. The van der Waals surface area contributed by atoms with Gasteiger partial charge >= 0.3 is 0 Å². The van der Waals surface area contributed by atoms with E-state index in [2.05, 4.69) is 5.32 Å². The van der Waals surface area contributed by atoms with Gasteiger partial charge in [0.25, 0.3) is 0 Å². The number of benzene rings is 1. The monoisotopic (exact) mass is 267 g/mol. The van der Waals surface area contributed by atoms with Crippen LogP contribution in [0.15, 0.2) is 18.2 Å². The van der Waals surface area contributed by atoms with Crippen LogP contribution >= 0.6 is 0 Å². The minimum Gasteiger partial charge on any atom is -0.496 e. The highest BCUT2D eigenvalue weighted by atomic mass is 19.1. The second-order valence-corrected chi connectivity index (χ2v) is 4.99. The van der Waals surface area contributed by atoms with Crippen LogP contribution < -0.4 is 10.1 Å². The maximum atomic E-state index is 13.9. The van der Waals surface area contributed by atoms with E-state index in [0.29, 0.717) is 23.5 Å². The number of methoxy groups -OCH3 is 1. The number of hydrogen-bond acceptors (Lipinski definition) is 3. The predicted octanol–water partition coefficient (Wildman–Crippen LogP) is 3.05. The Labute approximate surface area is 114 Å². The Morgan fingerprint density at radius 1 is 1.42 bits per heavy atom. The summed E-state index contributed by atoms with van der Waals surface area (Å²) in [5.41, 5.74) is 0.602. The van der Waals surface area contributed by atoms with Crippen LogP contribution in [0.1, 0.15) is 38.3 Å². The number of nitrogens with one attached hydrogen (secondary N) is 1. The molecule has 2 rings (SSSR count). The first-order valence-corrected chi connectivity index (χ1v) is 6.85. The molecule has 0 aromatic heterocycles. The van der Waals surface area contributed by atoms with Gasteiger partial charge in [0, 0.05) is 24.3 Å². The van der Waals surface area contributed by atoms with Crippen molar-refractivity contribution in [2.75, 3.05) is 13.7 Å². The van der Waals surface area contributed by atoms with Crippen LogP contribution in [0.2, 0.25) is 0 Å². The van der Waals surface area contributed by atoms with E-state index in [0.717, 1.165) is 19.4 Å². The van der Waals surface area contributed by atoms with Crippen LogP contribution in [0.25, 0.3) is 0 Å². The molecule has 0 aliphatic heterocycles. The normalized spacial score (nSPS) is 23.8. The molecule has 1 saturated carbocycles. The average molecular weight is 267 g/mol. The minimum atomic E-state index is -0.222. The third kappa shape index (κ3) is 3.25. The predicted molar refractivity (Wildman–Crippen MR) is 72.9 cm³/mol. The van der Waals surface area contributed by atoms with Gasteiger partial charge in [0.05, 0.1) is 13.2 Å². The van der Waals surface area contributed by atoms with Gasteiger partial charge in [0.15, 0.2) is 0 Å². The molecule has 0 heterocycles. The van der Waals surface area contributed by atoms with Crippen LogP contribution in [0.5, 0.6) is 5.75 Å². The van der Waals surface area contributed by atoms with Crippen molar-refractivity contribution < 1.29 is 13.9 Å². The molecule has 0 saturated heterocycles. The molecular formula is C15H22FNO2. The first-order valence-electron chi connectivity index (χ1n) is 6.85. The van der Waals surface area contributed by atoms with Crippen LogP contribution in [0, 0.1) is 5.82 Å². The summed E-state index contributed by atoms with van der Waals surface area (Å²) in [5.74, 6) is 0.376. The fourth-order valence-corrected chi connectivity index (χ4v) is 2.63. The zero-order valence-corrected chi connectivity index (χ0v) is 11.8. The molecule has 19 heavy (non-hydrogen) atoms. The Morgan fingerprint density at radius 3 is 2.79 bits per heavy atom. The Balaban J connectivity index is 1.96. The molecule has 3 nitrogen and oxygen atoms in total. The molecule has 0 radical (unpaired) electrons. The lowest BCUT2D eigenvalue weighted by molar-refractivity contribution is -0.0121. The average Bonchev–Trinajstić information content (AvgIpc) is 2.35. The van der Waals surface area contributed by atoms with Crippen LogP contribution in [-0.4, -0.2) is 25.9 Å². The topological polar surface area (TPSA) is 30.5 Å². The highest BCUT2D eigenvalue weighted by Crippen LogP contribution is 2.31. The van der Waals surface area contributed by atoms with Crippen molar-refractivity contribution in [3.05, 3.63) is 29.6 Å². The van der Waals surface area contributed by atoms with Gasteiger partial charge in [-0.15, -0.1) is 0 Å². The van der Waals surface area contributed by atoms with Gasteiger partial charge < -0.3 is 14.8 Å². The molecule has 1 aromatic rings. The molecule has 1 N–H and O–H groups in total. The van der Waals surface area contributed by atoms with Gasteiger partial charge in [-0.2, -0.15) is 0 Å². The minimum absolute atomic E-state index is 0.0660. The molecule has 0 bridgehead atoms. The maximum Gasteiger partial charge on any atom is 0.131 e. The fourth-order valence-electron chi connectivity index (χ4n) is 2.63. The molecule has 0 amide bonds. The standard InChI is InChI=1S/C15H22FNO2/c1-4-19-12-8-11(9-12)17-10(2)15-13(16)6-5-7-14(15)18-3/h5-7,10-12,17H,4,8-9H2,1-3H3. The first-order chi connectivity index (χ1) is 9.15. The van der Waals surface area contributed by atoms with E-state index in [9.17, 15) is 4.39 Å². The maximum absolute atomic E-state index is 13.9. The Hall–Kier alpha value is -1.13. The molecule has 106 valence electrons. The molecule has 1 aliphatic rings. The van der Waals surface area contributed by atoms with Gasteiger partial charge in [0.1, 0.15) is 11.6 Å². The summed E-state index contributed by atoms with van der Waals surface area (Å²) in [6, 6.07) is 5.26. The second kappa shape index (κ2) is 6.35. The molecule has 1 atom stereocenters.